The molecule has 1 aliphatic heterocycles. The minimum Gasteiger partial charge on any atom is -0.444 e. The van der Waals surface area contributed by atoms with Crippen molar-refractivity contribution >= 4 is 23.7 Å². The Bertz CT molecular complexity index is 619. The molecule has 1 aromatic rings. The van der Waals surface area contributed by atoms with Gasteiger partial charge in [-0.05, 0) is 46.6 Å². The standard InChI is InChI=1S/C17H23ClN2O4/c1-16(2,3)24-15(22)20-10-8-17(4,9-11-20)14(21)23-13-7-5-6-12(18)19-13/h5-7H,8-11H2,1-4H3. The van der Waals surface area contributed by atoms with E-state index in [-0.39, 0.29) is 23.1 Å². The molecule has 24 heavy (non-hydrogen) atoms. The third-order valence-electron chi connectivity index (χ3n) is 3.90. The van der Waals surface area contributed by atoms with E-state index in [1.807, 2.05) is 27.7 Å². The topological polar surface area (TPSA) is 68.7 Å². The molecule has 0 bridgehead atoms. The number of aromatic nitrogens is 1. The van der Waals surface area contributed by atoms with Gasteiger partial charge in [0.2, 0.25) is 5.88 Å². The number of esters is 1. The SMILES string of the molecule is CC(C)(C)OC(=O)N1CCC(C)(C(=O)Oc2cccc(Cl)n2)CC1. The van der Waals surface area contributed by atoms with E-state index in [1.165, 1.54) is 0 Å². The lowest BCUT2D eigenvalue weighted by Crippen LogP contribution is -2.47. The van der Waals surface area contributed by atoms with Crippen LogP contribution in [0.1, 0.15) is 40.5 Å². The average molecular weight is 355 g/mol. The van der Waals surface area contributed by atoms with Crippen molar-refractivity contribution in [2.45, 2.75) is 46.1 Å². The van der Waals surface area contributed by atoms with E-state index >= 15 is 0 Å². The second kappa shape index (κ2) is 6.97. The van der Waals surface area contributed by atoms with Crippen LogP contribution in [0.5, 0.6) is 5.88 Å². The first kappa shape index (κ1) is 18.5. The van der Waals surface area contributed by atoms with Crippen molar-refractivity contribution in [1.82, 2.24) is 9.88 Å². The van der Waals surface area contributed by atoms with Crippen LogP contribution in [0.4, 0.5) is 4.79 Å². The molecule has 0 aromatic carbocycles. The van der Waals surface area contributed by atoms with E-state index in [9.17, 15) is 9.59 Å². The van der Waals surface area contributed by atoms with Crippen LogP contribution in [0, 0.1) is 5.41 Å². The Labute approximate surface area is 147 Å². The van der Waals surface area contributed by atoms with E-state index in [1.54, 1.807) is 23.1 Å². The molecule has 1 aliphatic rings. The molecule has 0 aliphatic carbocycles. The second-order valence-corrected chi connectivity index (χ2v) is 7.60. The Hall–Kier alpha value is -1.82. The maximum atomic E-state index is 12.5. The van der Waals surface area contributed by atoms with E-state index < -0.39 is 11.0 Å². The first-order valence-electron chi connectivity index (χ1n) is 7.92. The third kappa shape index (κ3) is 4.84. The number of amides is 1. The highest BCUT2D eigenvalue weighted by Gasteiger charge is 2.40. The third-order valence-corrected chi connectivity index (χ3v) is 4.11. The van der Waals surface area contributed by atoms with Gasteiger partial charge in [-0.25, -0.2) is 9.78 Å². The van der Waals surface area contributed by atoms with Crippen molar-refractivity contribution in [3.8, 4) is 5.88 Å². The minimum atomic E-state index is -0.664. The van der Waals surface area contributed by atoms with Gasteiger partial charge >= 0.3 is 12.1 Å². The summed E-state index contributed by atoms with van der Waals surface area (Å²) in [5.41, 5.74) is -1.20. The Morgan fingerprint density at radius 1 is 1.25 bits per heavy atom. The lowest BCUT2D eigenvalue weighted by Gasteiger charge is -2.37. The molecular weight excluding hydrogens is 332 g/mol. The van der Waals surface area contributed by atoms with E-state index in [4.69, 9.17) is 21.1 Å². The molecule has 2 heterocycles. The summed E-state index contributed by atoms with van der Waals surface area (Å²) in [7, 11) is 0. The number of carbonyl (C=O) groups excluding carboxylic acids is 2. The number of nitrogens with zero attached hydrogens (tertiary/aromatic N) is 2. The van der Waals surface area contributed by atoms with Gasteiger partial charge in [0.1, 0.15) is 10.8 Å². The number of halogens is 1. The number of likely N-dealkylation sites (tertiary alicyclic amines) is 1. The van der Waals surface area contributed by atoms with Gasteiger partial charge in [0.05, 0.1) is 5.41 Å². The zero-order valence-electron chi connectivity index (χ0n) is 14.5. The zero-order valence-corrected chi connectivity index (χ0v) is 15.2. The molecule has 1 aromatic heterocycles. The highest BCUT2D eigenvalue weighted by atomic mass is 35.5. The molecule has 0 saturated carbocycles. The number of hydrogen-bond acceptors (Lipinski definition) is 5. The van der Waals surface area contributed by atoms with Gasteiger partial charge in [0, 0.05) is 19.2 Å². The summed E-state index contributed by atoms with van der Waals surface area (Å²) in [5, 5.41) is 0.269. The molecule has 0 spiro atoms. The Balaban J connectivity index is 1.94. The molecule has 6 nitrogen and oxygen atoms in total. The Morgan fingerprint density at radius 3 is 2.42 bits per heavy atom. The van der Waals surface area contributed by atoms with E-state index in [0.717, 1.165) is 0 Å². The van der Waals surface area contributed by atoms with Crippen molar-refractivity contribution < 1.29 is 19.1 Å². The minimum absolute atomic E-state index is 0.184. The molecule has 2 rings (SSSR count). The number of hydrogen-bond donors (Lipinski definition) is 0. The summed E-state index contributed by atoms with van der Waals surface area (Å²) in [6.07, 6.45) is 0.659. The van der Waals surface area contributed by atoms with Crippen molar-refractivity contribution in [2.24, 2.45) is 5.41 Å². The van der Waals surface area contributed by atoms with Gasteiger partial charge in [-0.15, -0.1) is 0 Å². The fourth-order valence-electron chi connectivity index (χ4n) is 2.38. The first-order valence-corrected chi connectivity index (χ1v) is 8.30. The fourth-order valence-corrected chi connectivity index (χ4v) is 2.53. The molecule has 1 amide bonds. The number of rotatable bonds is 2. The highest BCUT2D eigenvalue weighted by molar-refractivity contribution is 6.29. The molecule has 7 heteroatoms. The van der Waals surface area contributed by atoms with Crippen molar-refractivity contribution in [1.29, 1.82) is 0 Å². The second-order valence-electron chi connectivity index (χ2n) is 7.22. The predicted molar refractivity (Wildman–Crippen MR) is 90.0 cm³/mol. The van der Waals surface area contributed by atoms with Crippen molar-refractivity contribution in [3.63, 3.8) is 0 Å². The van der Waals surface area contributed by atoms with Gasteiger partial charge in [0.15, 0.2) is 0 Å². The van der Waals surface area contributed by atoms with Crippen LogP contribution in [0.3, 0.4) is 0 Å². The number of piperidine rings is 1. The molecular formula is C17H23ClN2O4. The Kier molecular flexibility index (Phi) is 5.38. The molecule has 0 atom stereocenters. The quantitative estimate of drug-likeness (QED) is 0.598. The number of ether oxygens (including phenoxy) is 2. The molecule has 1 fully saturated rings. The fraction of sp³-hybridized carbons (Fsp3) is 0.588. The van der Waals surface area contributed by atoms with Crippen LogP contribution in [0.15, 0.2) is 18.2 Å². The van der Waals surface area contributed by atoms with Gasteiger partial charge in [-0.1, -0.05) is 17.7 Å². The van der Waals surface area contributed by atoms with E-state index in [0.29, 0.717) is 25.9 Å². The van der Waals surface area contributed by atoms with Crippen LogP contribution in [-0.2, 0) is 9.53 Å². The molecule has 0 radical (unpaired) electrons. The largest absolute Gasteiger partial charge is 0.444 e. The molecule has 132 valence electrons. The Morgan fingerprint density at radius 2 is 1.88 bits per heavy atom. The van der Waals surface area contributed by atoms with Gasteiger partial charge < -0.3 is 14.4 Å². The monoisotopic (exact) mass is 354 g/mol. The summed E-state index contributed by atoms with van der Waals surface area (Å²) < 4.78 is 10.7. The van der Waals surface area contributed by atoms with Crippen LogP contribution < -0.4 is 4.74 Å². The highest BCUT2D eigenvalue weighted by Crippen LogP contribution is 2.33. The maximum Gasteiger partial charge on any atom is 0.410 e. The molecule has 1 saturated heterocycles. The molecule has 0 N–H and O–H groups in total. The predicted octanol–water partition coefficient (Wildman–Crippen LogP) is 3.68. The van der Waals surface area contributed by atoms with Crippen LogP contribution >= 0.6 is 11.6 Å². The van der Waals surface area contributed by atoms with Crippen LogP contribution in [0.25, 0.3) is 0 Å². The van der Waals surface area contributed by atoms with Crippen LogP contribution in [-0.4, -0.2) is 40.6 Å². The maximum absolute atomic E-state index is 12.5. The first-order chi connectivity index (χ1) is 11.1. The normalized spacial score (nSPS) is 17.3. The summed E-state index contributed by atoms with van der Waals surface area (Å²) in [6.45, 7) is 8.22. The lowest BCUT2D eigenvalue weighted by atomic mass is 9.80. The summed E-state index contributed by atoms with van der Waals surface area (Å²) in [6, 6.07) is 4.87. The van der Waals surface area contributed by atoms with Gasteiger partial charge in [0.25, 0.3) is 0 Å². The zero-order chi connectivity index (χ0) is 18.0. The van der Waals surface area contributed by atoms with E-state index in [2.05, 4.69) is 4.98 Å². The van der Waals surface area contributed by atoms with Crippen LogP contribution in [0.2, 0.25) is 5.15 Å². The summed E-state index contributed by atoms with van der Waals surface area (Å²) in [4.78, 5) is 30.1. The number of carbonyl (C=O) groups is 2. The summed E-state index contributed by atoms with van der Waals surface area (Å²) >= 11 is 5.79. The number of pyridine rings is 1. The summed E-state index contributed by atoms with van der Waals surface area (Å²) in [5.74, 6) is -0.176. The molecule has 0 unspecified atom stereocenters. The smallest absolute Gasteiger partial charge is 0.410 e. The van der Waals surface area contributed by atoms with Crippen molar-refractivity contribution in [3.05, 3.63) is 23.4 Å². The van der Waals surface area contributed by atoms with Crippen molar-refractivity contribution in [2.75, 3.05) is 13.1 Å². The average Bonchev–Trinajstić information content (AvgIpc) is 2.46. The lowest BCUT2D eigenvalue weighted by molar-refractivity contribution is -0.148. The van der Waals surface area contributed by atoms with Gasteiger partial charge in [-0.3, -0.25) is 4.79 Å². The van der Waals surface area contributed by atoms with Gasteiger partial charge in [-0.2, -0.15) is 0 Å².